The number of benzene rings is 1. The molecule has 0 bridgehead atoms. The van der Waals surface area contributed by atoms with Gasteiger partial charge in [0.2, 0.25) is 0 Å². The second-order valence-corrected chi connectivity index (χ2v) is 4.34. The van der Waals surface area contributed by atoms with Gasteiger partial charge in [0.15, 0.2) is 0 Å². The van der Waals surface area contributed by atoms with Gasteiger partial charge in [0.05, 0.1) is 0 Å². The molecule has 1 rings (SSSR count). The van der Waals surface area contributed by atoms with Crippen LogP contribution in [0.4, 0.5) is 0 Å². The number of hydrogen-bond acceptors (Lipinski definition) is 1. The Labute approximate surface area is 110 Å². The lowest BCUT2D eigenvalue weighted by atomic mass is 10.1. The molecule has 18 heavy (non-hydrogen) atoms. The van der Waals surface area contributed by atoms with Gasteiger partial charge in [0.25, 0.3) is 5.91 Å². The highest BCUT2D eigenvalue weighted by Gasteiger charge is 2.15. The third-order valence-electron chi connectivity index (χ3n) is 2.77. The van der Waals surface area contributed by atoms with E-state index in [4.69, 9.17) is 0 Å². The van der Waals surface area contributed by atoms with Gasteiger partial charge in [-0.15, -0.1) is 6.58 Å². The Kier molecular flexibility index (Phi) is 5.92. The number of nitrogens with zero attached hydrogens (tertiary/aromatic N) is 1. The van der Waals surface area contributed by atoms with Crippen molar-refractivity contribution in [2.45, 2.75) is 26.2 Å². The molecule has 0 atom stereocenters. The Balaban J connectivity index is 2.64. The van der Waals surface area contributed by atoms with Gasteiger partial charge in [-0.25, -0.2) is 0 Å². The third-order valence-corrected chi connectivity index (χ3v) is 2.77. The molecule has 2 nitrogen and oxygen atoms in total. The lowest BCUT2D eigenvalue weighted by Gasteiger charge is -2.22. The number of allylic oxidation sites excluding steroid dienone is 2. The molecule has 0 spiro atoms. The smallest absolute Gasteiger partial charge is 0.257 e. The Morgan fingerprint density at radius 3 is 2.50 bits per heavy atom. The minimum Gasteiger partial charge on any atom is -0.313 e. The van der Waals surface area contributed by atoms with Crippen molar-refractivity contribution in [1.29, 1.82) is 0 Å². The van der Waals surface area contributed by atoms with Crippen molar-refractivity contribution in [1.82, 2.24) is 4.90 Å². The van der Waals surface area contributed by atoms with Crippen LogP contribution >= 0.6 is 0 Å². The summed E-state index contributed by atoms with van der Waals surface area (Å²) in [4.78, 5) is 14.0. The fourth-order valence-corrected chi connectivity index (χ4v) is 1.76. The molecule has 0 N–H and O–H groups in total. The van der Waals surface area contributed by atoms with Crippen LogP contribution in [-0.4, -0.2) is 17.4 Å². The lowest BCUT2D eigenvalue weighted by Crippen LogP contribution is -2.29. The minimum atomic E-state index is 0.0294. The number of unbranched alkanes of at least 4 members (excludes halogenated alkanes) is 2. The van der Waals surface area contributed by atoms with E-state index in [2.05, 4.69) is 13.2 Å². The average molecular weight is 243 g/mol. The van der Waals surface area contributed by atoms with Crippen LogP contribution in [0, 0.1) is 0 Å². The van der Waals surface area contributed by atoms with Crippen LogP contribution in [0.5, 0.6) is 0 Å². The molecule has 0 radical (unpaired) electrons. The standard InChI is InChI=1S/C16H21NO/c1-4-5-6-10-13-17(14(2)3)16(18)15-11-8-7-9-12-15/h4,7-9,11-12H,1-2,5-6,10,13H2,3H3. The highest BCUT2D eigenvalue weighted by molar-refractivity contribution is 5.95. The van der Waals surface area contributed by atoms with Gasteiger partial charge in [0.1, 0.15) is 0 Å². The molecular weight excluding hydrogens is 222 g/mol. The summed E-state index contributed by atoms with van der Waals surface area (Å²) in [6, 6.07) is 9.33. The quantitative estimate of drug-likeness (QED) is 0.523. The molecule has 1 aromatic rings. The van der Waals surface area contributed by atoms with Gasteiger partial charge in [-0.3, -0.25) is 4.79 Å². The lowest BCUT2D eigenvalue weighted by molar-refractivity contribution is 0.0804. The van der Waals surface area contributed by atoms with E-state index in [1.54, 1.807) is 4.90 Å². The number of rotatable bonds is 7. The molecule has 0 aromatic heterocycles. The van der Waals surface area contributed by atoms with Gasteiger partial charge >= 0.3 is 0 Å². The summed E-state index contributed by atoms with van der Waals surface area (Å²) in [5.74, 6) is 0.0294. The Morgan fingerprint density at radius 1 is 1.28 bits per heavy atom. The van der Waals surface area contributed by atoms with Crippen molar-refractivity contribution in [3.8, 4) is 0 Å². The molecule has 2 heteroatoms. The summed E-state index contributed by atoms with van der Waals surface area (Å²) in [5, 5.41) is 0. The van der Waals surface area contributed by atoms with Crippen molar-refractivity contribution in [3.05, 3.63) is 60.8 Å². The van der Waals surface area contributed by atoms with E-state index in [1.807, 2.05) is 43.3 Å². The van der Waals surface area contributed by atoms with E-state index in [0.717, 1.165) is 31.5 Å². The SMILES string of the molecule is C=CCCCCN(C(=C)C)C(=O)c1ccccc1. The van der Waals surface area contributed by atoms with Gasteiger partial charge in [-0.1, -0.05) is 30.9 Å². The van der Waals surface area contributed by atoms with Crippen molar-refractivity contribution in [2.24, 2.45) is 0 Å². The molecule has 0 unspecified atom stereocenters. The zero-order valence-corrected chi connectivity index (χ0v) is 11.1. The molecule has 96 valence electrons. The first kappa shape index (κ1) is 14.2. The zero-order valence-electron chi connectivity index (χ0n) is 11.1. The third kappa shape index (κ3) is 4.21. The van der Waals surface area contributed by atoms with E-state index < -0.39 is 0 Å². The molecule has 0 aliphatic rings. The topological polar surface area (TPSA) is 20.3 Å². The summed E-state index contributed by atoms with van der Waals surface area (Å²) >= 11 is 0. The molecule has 0 saturated heterocycles. The number of carbonyl (C=O) groups excluding carboxylic acids is 1. The fraction of sp³-hybridized carbons (Fsp3) is 0.312. The van der Waals surface area contributed by atoms with Gasteiger partial charge in [0, 0.05) is 17.8 Å². The maximum absolute atomic E-state index is 12.3. The summed E-state index contributed by atoms with van der Waals surface area (Å²) in [6.07, 6.45) is 4.92. The van der Waals surface area contributed by atoms with Gasteiger partial charge < -0.3 is 4.90 Å². The van der Waals surface area contributed by atoms with Crippen molar-refractivity contribution >= 4 is 5.91 Å². The van der Waals surface area contributed by atoms with Crippen LogP contribution in [0.2, 0.25) is 0 Å². The molecule has 1 aromatic carbocycles. The maximum Gasteiger partial charge on any atom is 0.257 e. The highest BCUT2D eigenvalue weighted by atomic mass is 16.2. The number of hydrogen-bond donors (Lipinski definition) is 0. The fourth-order valence-electron chi connectivity index (χ4n) is 1.76. The van der Waals surface area contributed by atoms with E-state index in [-0.39, 0.29) is 5.91 Å². The predicted octanol–water partition coefficient (Wildman–Crippen LogP) is 4.02. The minimum absolute atomic E-state index is 0.0294. The zero-order chi connectivity index (χ0) is 13.4. The van der Waals surface area contributed by atoms with Crippen LogP contribution in [0.15, 0.2) is 55.3 Å². The molecule has 0 aliphatic carbocycles. The van der Waals surface area contributed by atoms with Crippen LogP contribution in [-0.2, 0) is 0 Å². The van der Waals surface area contributed by atoms with Crippen molar-refractivity contribution in [3.63, 3.8) is 0 Å². The van der Waals surface area contributed by atoms with Crippen LogP contribution < -0.4 is 0 Å². The summed E-state index contributed by atoms with van der Waals surface area (Å²) < 4.78 is 0. The Bertz CT molecular complexity index is 408. The van der Waals surface area contributed by atoms with Crippen molar-refractivity contribution < 1.29 is 4.79 Å². The monoisotopic (exact) mass is 243 g/mol. The summed E-state index contributed by atoms with van der Waals surface area (Å²) in [5.41, 5.74) is 1.51. The molecular formula is C16H21NO. The molecule has 0 aliphatic heterocycles. The maximum atomic E-state index is 12.3. The normalized spacial score (nSPS) is 9.83. The van der Waals surface area contributed by atoms with Crippen LogP contribution in [0.1, 0.15) is 36.5 Å². The Hall–Kier alpha value is -1.83. The van der Waals surface area contributed by atoms with E-state index in [9.17, 15) is 4.79 Å². The largest absolute Gasteiger partial charge is 0.313 e. The van der Waals surface area contributed by atoms with E-state index in [0.29, 0.717) is 5.56 Å². The van der Waals surface area contributed by atoms with Gasteiger partial charge in [-0.2, -0.15) is 0 Å². The average Bonchev–Trinajstić information content (AvgIpc) is 2.39. The second kappa shape index (κ2) is 7.49. The van der Waals surface area contributed by atoms with Crippen molar-refractivity contribution in [2.75, 3.05) is 6.54 Å². The molecule has 1 amide bonds. The van der Waals surface area contributed by atoms with Crippen LogP contribution in [0.3, 0.4) is 0 Å². The highest BCUT2D eigenvalue weighted by Crippen LogP contribution is 2.11. The summed E-state index contributed by atoms with van der Waals surface area (Å²) in [7, 11) is 0. The number of amides is 1. The molecule has 0 heterocycles. The summed E-state index contributed by atoms with van der Waals surface area (Å²) in [6.45, 7) is 10.2. The Morgan fingerprint density at radius 2 is 1.94 bits per heavy atom. The van der Waals surface area contributed by atoms with Crippen LogP contribution in [0.25, 0.3) is 0 Å². The van der Waals surface area contributed by atoms with E-state index in [1.165, 1.54) is 0 Å². The van der Waals surface area contributed by atoms with Gasteiger partial charge in [-0.05, 0) is 38.3 Å². The second-order valence-electron chi connectivity index (χ2n) is 4.34. The first-order chi connectivity index (χ1) is 8.66. The first-order valence-electron chi connectivity index (χ1n) is 6.30. The van der Waals surface area contributed by atoms with E-state index >= 15 is 0 Å². The molecule has 0 saturated carbocycles. The first-order valence-corrected chi connectivity index (χ1v) is 6.30. The number of carbonyl (C=O) groups is 1. The molecule has 0 fully saturated rings. The predicted molar refractivity (Wildman–Crippen MR) is 76.3 cm³/mol.